The summed E-state index contributed by atoms with van der Waals surface area (Å²) in [6, 6.07) is 9.58. The molecule has 0 aliphatic rings. The number of amides is 1. The molecule has 2 aromatic heterocycles. The van der Waals surface area contributed by atoms with Crippen LogP contribution in [0, 0.1) is 0 Å². The summed E-state index contributed by atoms with van der Waals surface area (Å²) >= 11 is 5.68. The maximum atomic E-state index is 12.2. The van der Waals surface area contributed by atoms with Gasteiger partial charge in [-0.1, -0.05) is 28.9 Å². The highest BCUT2D eigenvalue weighted by Gasteiger charge is 2.11. The van der Waals surface area contributed by atoms with Gasteiger partial charge in [0.25, 0.3) is 0 Å². The smallest absolute Gasteiger partial charge is 0.222 e. The minimum Gasteiger partial charge on any atom is -0.360 e. The van der Waals surface area contributed by atoms with E-state index in [0.29, 0.717) is 36.8 Å². The van der Waals surface area contributed by atoms with Crippen LogP contribution in [0.3, 0.4) is 0 Å². The SMILES string of the molecule is CN(CCn1cnc2ccccc21)C(=O)CCc1cc(Cl)no1. The summed E-state index contributed by atoms with van der Waals surface area (Å²) in [5.41, 5.74) is 2.04. The van der Waals surface area contributed by atoms with Crippen LogP contribution in [0.2, 0.25) is 5.15 Å². The Bertz CT molecular complexity index is 811. The molecule has 23 heavy (non-hydrogen) atoms. The Morgan fingerprint density at radius 3 is 3.00 bits per heavy atom. The molecule has 0 spiro atoms. The number of hydrogen-bond acceptors (Lipinski definition) is 4. The van der Waals surface area contributed by atoms with Crippen LogP contribution in [0.4, 0.5) is 0 Å². The van der Waals surface area contributed by atoms with Gasteiger partial charge in [0.2, 0.25) is 5.91 Å². The number of hydrogen-bond donors (Lipinski definition) is 0. The van der Waals surface area contributed by atoms with E-state index in [1.165, 1.54) is 0 Å². The lowest BCUT2D eigenvalue weighted by atomic mass is 10.2. The third-order valence-corrected chi connectivity index (χ3v) is 3.92. The number of para-hydroxylation sites is 2. The van der Waals surface area contributed by atoms with E-state index in [4.69, 9.17) is 16.1 Å². The van der Waals surface area contributed by atoms with Crippen molar-refractivity contribution >= 4 is 28.5 Å². The molecule has 0 bridgehead atoms. The number of rotatable bonds is 6. The van der Waals surface area contributed by atoms with Crippen LogP contribution in [0.15, 0.2) is 41.2 Å². The van der Waals surface area contributed by atoms with Crippen molar-refractivity contribution in [3.05, 3.63) is 47.6 Å². The molecule has 7 heteroatoms. The van der Waals surface area contributed by atoms with E-state index in [1.54, 1.807) is 24.3 Å². The van der Waals surface area contributed by atoms with Crippen LogP contribution in [-0.4, -0.2) is 39.1 Å². The second-order valence-electron chi connectivity index (χ2n) is 5.36. The Morgan fingerprint density at radius 1 is 1.39 bits per heavy atom. The fourth-order valence-electron chi connectivity index (χ4n) is 2.40. The molecular formula is C16H17ClN4O2. The molecule has 0 unspecified atom stereocenters. The van der Waals surface area contributed by atoms with E-state index in [1.807, 2.05) is 24.3 Å². The molecule has 0 atom stereocenters. The first-order valence-corrected chi connectivity index (χ1v) is 7.76. The van der Waals surface area contributed by atoms with Crippen molar-refractivity contribution in [2.24, 2.45) is 0 Å². The lowest BCUT2D eigenvalue weighted by molar-refractivity contribution is -0.130. The van der Waals surface area contributed by atoms with Crippen molar-refractivity contribution in [2.45, 2.75) is 19.4 Å². The van der Waals surface area contributed by atoms with Gasteiger partial charge in [0.1, 0.15) is 5.76 Å². The molecule has 0 saturated heterocycles. The Balaban J connectivity index is 1.52. The first-order chi connectivity index (χ1) is 11.1. The summed E-state index contributed by atoms with van der Waals surface area (Å²) in [5, 5.41) is 3.91. The van der Waals surface area contributed by atoms with Gasteiger partial charge in [0.15, 0.2) is 5.15 Å². The number of carbonyl (C=O) groups is 1. The molecule has 1 aromatic carbocycles. The van der Waals surface area contributed by atoms with Gasteiger partial charge in [0.05, 0.1) is 17.4 Å². The lowest BCUT2D eigenvalue weighted by Gasteiger charge is -2.17. The second kappa shape index (κ2) is 6.83. The van der Waals surface area contributed by atoms with Crippen LogP contribution in [0.5, 0.6) is 0 Å². The molecule has 3 aromatic rings. The van der Waals surface area contributed by atoms with Gasteiger partial charge in [-0.2, -0.15) is 0 Å². The van der Waals surface area contributed by atoms with E-state index in [0.717, 1.165) is 11.0 Å². The van der Waals surface area contributed by atoms with Gasteiger partial charge in [-0.15, -0.1) is 0 Å². The number of aromatic nitrogens is 3. The highest BCUT2D eigenvalue weighted by molar-refractivity contribution is 6.29. The van der Waals surface area contributed by atoms with E-state index >= 15 is 0 Å². The molecule has 0 saturated carbocycles. The van der Waals surface area contributed by atoms with Crippen LogP contribution in [0.25, 0.3) is 11.0 Å². The van der Waals surface area contributed by atoms with Gasteiger partial charge in [-0.3, -0.25) is 4.79 Å². The highest BCUT2D eigenvalue weighted by Crippen LogP contribution is 2.13. The minimum absolute atomic E-state index is 0.0574. The normalized spacial score (nSPS) is 11.0. The molecule has 2 heterocycles. The molecule has 0 aliphatic heterocycles. The van der Waals surface area contributed by atoms with Gasteiger partial charge in [-0.05, 0) is 12.1 Å². The molecule has 0 radical (unpaired) electrons. The molecule has 0 N–H and O–H groups in total. The van der Waals surface area contributed by atoms with Crippen molar-refractivity contribution < 1.29 is 9.32 Å². The van der Waals surface area contributed by atoms with Crippen LogP contribution in [0.1, 0.15) is 12.2 Å². The Labute approximate surface area is 138 Å². The predicted molar refractivity (Wildman–Crippen MR) is 87.2 cm³/mol. The maximum absolute atomic E-state index is 12.2. The molecule has 6 nitrogen and oxygen atoms in total. The zero-order valence-electron chi connectivity index (χ0n) is 12.8. The van der Waals surface area contributed by atoms with Crippen LogP contribution in [-0.2, 0) is 17.8 Å². The van der Waals surface area contributed by atoms with E-state index in [-0.39, 0.29) is 5.91 Å². The molecule has 120 valence electrons. The zero-order valence-corrected chi connectivity index (χ0v) is 13.5. The van der Waals surface area contributed by atoms with E-state index < -0.39 is 0 Å². The Kier molecular flexibility index (Phi) is 4.62. The summed E-state index contributed by atoms with van der Waals surface area (Å²) in [6.07, 6.45) is 2.67. The third-order valence-electron chi connectivity index (χ3n) is 3.74. The zero-order chi connectivity index (χ0) is 16.2. The third kappa shape index (κ3) is 3.71. The number of likely N-dealkylation sites (N-methyl/N-ethyl adjacent to an activating group) is 1. The second-order valence-corrected chi connectivity index (χ2v) is 5.75. The van der Waals surface area contributed by atoms with Crippen LogP contribution < -0.4 is 0 Å². The molecular weight excluding hydrogens is 316 g/mol. The quantitative estimate of drug-likeness (QED) is 0.696. The summed E-state index contributed by atoms with van der Waals surface area (Å²) in [4.78, 5) is 18.2. The predicted octanol–water partition coefficient (Wildman–Crippen LogP) is 2.77. The van der Waals surface area contributed by atoms with Crippen molar-refractivity contribution in [3.8, 4) is 0 Å². The molecule has 0 fully saturated rings. The van der Waals surface area contributed by atoms with Crippen molar-refractivity contribution in [2.75, 3.05) is 13.6 Å². The number of halogens is 1. The highest BCUT2D eigenvalue weighted by atomic mass is 35.5. The number of aryl methyl sites for hydroxylation is 1. The van der Waals surface area contributed by atoms with Crippen molar-refractivity contribution in [1.29, 1.82) is 0 Å². The molecule has 1 amide bonds. The first-order valence-electron chi connectivity index (χ1n) is 7.38. The minimum atomic E-state index is 0.0574. The first kappa shape index (κ1) is 15.6. The van der Waals surface area contributed by atoms with Gasteiger partial charge < -0.3 is 14.0 Å². The van der Waals surface area contributed by atoms with E-state index in [9.17, 15) is 4.79 Å². The number of fused-ring (bicyclic) bond motifs is 1. The number of benzene rings is 1. The topological polar surface area (TPSA) is 64.2 Å². The van der Waals surface area contributed by atoms with Crippen molar-refractivity contribution in [1.82, 2.24) is 19.6 Å². The fraction of sp³-hybridized carbons (Fsp3) is 0.312. The summed E-state index contributed by atoms with van der Waals surface area (Å²) in [7, 11) is 1.80. The summed E-state index contributed by atoms with van der Waals surface area (Å²) < 4.78 is 7.05. The molecule has 3 rings (SSSR count). The summed E-state index contributed by atoms with van der Waals surface area (Å²) in [6.45, 7) is 1.33. The van der Waals surface area contributed by atoms with Crippen LogP contribution >= 0.6 is 11.6 Å². The van der Waals surface area contributed by atoms with E-state index in [2.05, 4.69) is 14.7 Å². The fourth-order valence-corrected chi connectivity index (χ4v) is 2.55. The Morgan fingerprint density at radius 2 is 2.22 bits per heavy atom. The van der Waals surface area contributed by atoms with Gasteiger partial charge >= 0.3 is 0 Å². The standard InChI is InChI=1S/C16H17ClN4O2/c1-20(16(22)7-6-12-10-15(17)19-23-12)8-9-21-11-18-13-4-2-3-5-14(13)21/h2-5,10-11H,6-9H2,1H3. The largest absolute Gasteiger partial charge is 0.360 e. The van der Waals surface area contributed by atoms with Crippen molar-refractivity contribution in [3.63, 3.8) is 0 Å². The lowest BCUT2D eigenvalue weighted by Crippen LogP contribution is -2.30. The average Bonchev–Trinajstić information content (AvgIpc) is 3.16. The number of nitrogens with zero attached hydrogens (tertiary/aromatic N) is 4. The monoisotopic (exact) mass is 332 g/mol. The Hall–Kier alpha value is -2.34. The van der Waals surface area contributed by atoms with Gasteiger partial charge in [-0.25, -0.2) is 4.98 Å². The van der Waals surface area contributed by atoms with Gasteiger partial charge in [0, 0.05) is 39.0 Å². The number of carbonyl (C=O) groups excluding carboxylic acids is 1. The number of imidazole rings is 1. The molecule has 0 aliphatic carbocycles. The average molecular weight is 333 g/mol. The maximum Gasteiger partial charge on any atom is 0.222 e. The summed E-state index contributed by atoms with van der Waals surface area (Å²) in [5.74, 6) is 0.680.